The summed E-state index contributed by atoms with van der Waals surface area (Å²) in [7, 11) is 1.83. The second-order valence-electron chi connectivity index (χ2n) is 9.08. The van der Waals surface area contributed by atoms with Crippen LogP contribution in [0.3, 0.4) is 0 Å². The zero-order chi connectivity index (χ0) is 28.5. The van der Waals surface area contributed by atoms with Crippen LogP contribution in [0.15, 0.2) is 91.4 Å². The molecule has 10 nitrogen and oxygen atoms in total. The van der Waals surface area contributed by atoms with Gasteiger partial charge in [0.2, 0.25) is 5.91 Å². The summed E-state index contributed by atoms with van der Waals surface area (Å²) >= 11 is 6.32. The van der Waals surface area contributed by atoms with Gasteiger partial charge in [-0.25, -0.2) is 0 Å². The number of amides is 1. The standard InChI is InChI=1S/C29H28ClN7O3/c1-21(36(14-15-38)27-17-24(30)10-13-26(27)37-20-31-33-34-37)18-35(2)28(16-22-6-4-3-5-7-22)29(40)32-25-11-8-23(19-39)9-12-25/h3-13,15,17,19-20,28H,1,14,16,18H2,2H3,(H,32,40). The van der Waals surface area contributed by atoms with Gasteiger partial charge in [0.05, 0.1) is 24.0 Å². The number of carbonyl (C=O) groups is 3. The van der Waals surface area contributed by atoms with Gasteiger partial charge in [0.15, 0.2) is 0 Å². The summed E-state index contributed by atoms with van der Waals surface area (Å²) in [5, 5.41) is 14.8. The summed E-state index contributed by atoms with van der Waals surface area (Å²) in [6.07, 6.45) is 3.40. The molecule has 0 bridgehead atoms. The van der Waals surface area contributed by atoms with E-state index in [1.54, 1.807) is 47.4 Å². The summed E-state index contributed by atoms with van der Waals surface area (Å²) in [5.74, 6) is -0.225. The molecule has 4 rings (SSSR count). The average Bonchev–Trinajstić information content (AvgIpc) is 3.50. The van der Waals surface area contributed by atoms with Gasteiger partial charge in [-0.3, -0.25) is 14.5 Å². The molecule has 40 heavy (non-hydrogen) atoms. The normalized spacial score (nSPS) is 11.6. The summed E-state index contributed by atoms with van der Waals surface area (Å²) in [6.45, 7) is 4.51. The molecule has 1 amide bonds. The molecule has 3 aromatic carbocycles. The van der Waals surface area contributed by atoms with Crippen LogP contribution in [-0.2, 0) is 16.0 Å². The summed E-state index contributed by atoms with van der Waals surface area (Å²) in [6, 6.07) is 20.9. The fraction of sp³-hybridized carbons (Fsp3) is 0.172. The molecular formula is C29H28ClN7O3. The molecule has 0 saturated heterocycles. The number of hydrogen-bond donors (Lipinski definition) is 1. The van der Waals surface area contributed by atoms with Crippen molar-refractivity contribution in [3.8, 4) is 5.69 Å². The first-order valence-corrected chi connectivity index (χ1v) is 12.8. The monoisotopic (exact) mass is 557 g/mol. The number of tetrazole rings is 1. The van der Waals surface area contributed by atoms with E-state index in [4.69, 9.17) is 11.6 Å². The Balaban J connectivity index is 1.60. The quantitative estimate of drug-likeness (QED) is 0.247. The fourth-order valence-electron chi connectivity index (χ4n) is 4.29. The van der Waals surface area contributed by atoms with Crippen molar-refractivity contribution >= 4 is 41.5 Å². The predicted octanol–water partition coefficient (Wildman–Crippen LogP) is 3.83. The van der Waals surface area contributed by atoms with Gasteiger partial charge in [0.25, 0.3) is 0 Å². The van der Waals surface area contributed by atoms with Crippen LogP contribution in [0, 0.1) is 0 Å². The molecule has 0 fully saturated rings. The molecule has 1 N–H and O–H groups in total. The molecule has 1 aromatic heterocycles. The second kappa shape index (κ2) is 13.4. The maximum absolute atomic E-state index is 13.5. The van der Waals surface area contributed by atoms with Crippen LogP contribution in [0.1, 0.15) is 15.9 Å². The number of nitrogens with one attached hydrogen (secondary N) is 1. The van der Waals surface area contributed by atoms with Crippen molar-refractivity contribution in [2.75, 3.05) is 30.4 Å². The highest BCUT2D eigenvalue weighted by atomic mass is 35.5. The Morgan fingerprint density at radius 2 is 1.85 bits per heavy atom. The molecule has 11 heteroatoms. The van der Waals surface area contributed by atoms with Gasteiger partial charge in [0.1, 0.15) is 18.9 Å². The molecule has 1 heterocycles. The largest absolute Gasteiger partial charge is 0.335 e. The number of aromatic nitrogens is 4. The minimum Gasteiger partial charge on any atom is -0.335 e. The van der Waals surface area contributed by atoms with Gasteiger partial charge in [-0.1, -0.05) is 48.5 Å². The van der Waals surface area contributed by atoms with Crippen molar-refractivity contribution in [1.29, 1.82) is 0 Å². The fourth-order valence-corrected chi connectivity index (χ4v) is 4.46. The highest BCUT2D eigenvalue weighted by Gasteiger charge is 2.26. The van der Waals surface area contributed by atoms with Gasteiger partial charge in [-0.2, -0.15) is 4.68 Å². The lowest BCUT2D eigenvalue weighted by Gasteiger charge is -2.33. The van der Waals surface area contributed by atoms with Crippen LogP contribution in [0.2, 0.25) is 5.02 Å². The van der Waals surface area contributed by atoms with E-state index in [0.717, 1.165) is 18.1 Å². The van der Waals surface area contributed by atoms with Crippen LogP contribution >= 0.6 is 11.6 Å². The van der Waals surface area contributed by atoms with E-state index < -0.39 is 6.04 Å². The minimum atomic E-state index is -0.582. The summed E-state index contributed by atoms with van der Waals surface area (Å²) < 4.78 is 1.47. The lowest BCUT2D eigenvalue weighted by molar-refractivity contribution is -0.120. The number of carbonyl (C=O) groups excluding carboxylic acids is 3. The van der Waals surface area contributed by atoms with E-state index in [1.807, 2.05) is 42.3 Å². The first-order valence-electron chi connectivity index (χ1n) is 12.4. The molecule has 0 saturated carbocycles. The first kappa shape index (κ1) is 28.3. The van der Waals surface area contributed by atoms with Crippen LogP contribution in [0.5, 0.6) is 0 Å². The number of anilines is 2. The molecule has 0 radical (unpaired) electrons. The smallest absolute Gasteiger partial charge is 0.242 e. The van der Waals surface area contributed by atoms with Gasteiger partial charge in [0, 0.05) is 28.5 Å². The molecule has 0 aliphatic rings. The third-order valence-corrected chi connectivity index (χ3v) is 6.55. The number of likely N-dealkylation sites (N-methyl/N-ethyl adjacent to an activating group) is 1. The number of benzene rings is 3. The predicted molar refractivity (Wildman–Crippen MR) is 154 cm³/mol. The molecular weight excluding hydrogens is 530 g/mol. The zero-order valence-electron chi connectivity index (χ0n) is 21.9. The van der Waals surface area contributed by atoms with Crippen molar-refractivity contribution in [2.24, 2.45) is 0 Å². The Morgan fingerprint density at radius 1 is 1.10 bits per heavy atom. The molecule has 4 aromatic rings. The van der Waals surface area contributed by atoms with Crippen LogP contribution in [0.4, 0.5) is 11.4 Å². The Kier molecular flexibility index (Phi) is 9.50. The maximum atomic E-state index is 13.5. The SMILES string of the molecule is C=C(CN(C)C(Cc1ccccc1)C(=O)Nc1ccc(C=O)cc1)N(CC=O)c1cc(Cl)ccc1-n1cnnn1. The van der Waals surface area contributed by atoms with E-state index in [0.29, 0.717) is 39.8 Å². The van der Waals surface area contributed by atoms with Crippen LogP contribution < -0.4 is 10.2 Å². The van der Waals surface area contributed by atoms with Crippen molar-refractivity contribution in [3.05, 3.63) is 108 Å². The van der Waals surface area contributed by atoms with Crippen molar-refractivity contribution in [2.45, 2.75) is 12.5 Å². The van der Waals surface area contributed by atoms with E-state index in [1.165, 1.54) is 11.0 Å². The van der Waals surface area contributed by atoms with Crippen molar-refractivity contribution in [1.82, 2.24) is 25.1 Å². The van der Waals surface area contributed by atoms with E-state index >= 15 is 0 Å². The molecule has 1 atom stereocenters. The number of nitrogens with zero attached hydrogens (tertiary/aromatic N) is 6. The maximum Gasteiger partial charge on any atom is 0.242 e. The highest BCUT2D eigenvalue weighted by Crippen LogP contribution is 2.30. The van der Waals surface area contributed by atoms with Gasteiger partial charge >= 0.3 is 0 Å². The van der Waals surface area contributed by atoms with Gasteiger partial charge in [-0.05, 0) is 71.9 Å². The highest BCUT2D eigenvalue weighted by molar-refractivity contribution is 6.31. The molecule has 0 spiro atoms. The second-order valence-corrected chi connectivity index (χ2v) is 9.52. The topological polar surface area (TPSA) is 113 Å². The van der Waals surface area contributed by atoms with Gasteiger partial charge < -0.3 is 15.0 Å². The average molecular weight is 558 g/mol. The Hall–Kier alpha value is -4.67. The lowest BCUT2D eigenvalue weighted by atomic mass is 10.0. The molecule has 0 aliphatic carbocycles. The minimum absolute atomic E-state index is 0.000764. The summed E-state index contributed by atoms with van der Waals surface area (Å²) in [5.41, 5.74) is 3.84. The number of hydrogen-bond acceptors (Lipinski definition) is 8. The Labute approximate surface area is 236 Å². The molecule has 1 unspecified atom stereocenters. The van der Waals surface area contributed by atoms with Crippen LogP contribution in [-0.4, -0.2) is 69.8 Å². The van der Waals surface area contributed by atoms with E-state index in [-0.39, 0.29) is 19.0 Å². The van der Waals surface area contributed by atoms with E-state index in [2.05, 4.69) is 27.4 Å². The third kappa shape index (κ3) is 7.04. The number of halogens is 1. The Bertz CT molecular complexity index is 1460. The molecule has 0 aliphatic heterocycles. The first-order chi connectivity index (χ1) is 19.4. The number of rotatable bonds is 13. The van der Waals surface area contributed by atoms with E-state index in [9.17, 15) is 14.4 Å². The van der Waals surface area contributed by atoms with Crippen molar-refractivity contribution < 1.29 is 14.4 Å². The lowest BCUT2D eigenvalue weighted by Crippen LogP contribution is -2.45. The third-order valence-electron chi connectivity index (χ3n) is 6.32. The Morgan fingerprint density at radius 3 is 2.50 bits per heavy atom. The van der Waals surface area contributed by atoms with Crippen LogP contribution in [0.25, 0.3) is 5.69 Å². The molecule has 204 valence electrons. The number of aldehydes is 2. The summed E-state index contributed by atoms with van der Waals surface area (Å²) in [4.78, 5) is 39.9. The zero-order valence-corrected chi connectivity index (χ0v) is 22.6. The van der Waals surface area contributed by atoms with Gasteiger partial charge in [-0.15, -0.1) is 5.10 Å². The van der Waals surface area contributed by atoms with Crippen molar-refractivity contribution in [3.63, 3.8) is 0 Å².